The van der Waals surface area contributed by atoms with Crippen LogP contribution >= 0.6 is 0 Å². The normalized spacial score (nSPS) is 10.3. The molecule has 0 aliphatic heterocycles. The van der Waals surface area contributed by atoms with Crippen LogP contribution in [-0.4, -0.2) is 11.1 Å². The smallest absolute Gasteiger partial charge is 0.307 e. The van der Waals surface area contributed by atoms with Crippen molar-refractivity contribution in [3.8, 4) is 11.1 Å². The lowest BCUT2D eigenvalue weighted by Gasteiger charge is -2.04. The number of hydrogen-bond donors (Lipinski definition) is 2. The predicted octanol–water partition coefficient (Wildman–Crippen LogP) is 2.44. The molecule has 0 aliphatic rings. The Hall–Kier alpha value is -2.13. The third-order valence-electron chi connectivity index (χ3n) is 2.83. The quantitative estimate of drug-likeness (QED) is 0.864. The molecule has 0 atom stereocenters. The van der Waals surface area contributed by atoms with E-state index in [0.717, 1.165) is 22.3 Å². The minimum Gasteiger partial charge on any atom is -0.481 e. The Bertz CT molecular complexity index is 529. The first-order chi connectivity index (χ1) is 8.69. The highest BCUT2D eigenvalue weighted by atomic mass is 16.4. The van der Waals surface area contributed by atoms with E-state index in [9.17, 15) is 4.79 Å². The van der Waals surface area contributed by atoms with Crippen LogP contribution in [0.2, 0.25) is 0 Å². The van der Waals surface area contributed by atoms with Crippen molar-refractivity contribution in [1.29, 1.82) is 0 Å². The summed E-state index contributed by atoms with van der Waals surface area (Å²) < 4.78 is 0. The maximum atomic E-state index is 10.6. The van der Waals surface area contributed by atoms with Crippen molar-refractivity contribution in [1.82, 2.24) is 0 Å². The van der Waals surface area contributed by atoms with Gasteiger partial charge in [-0.25, -0.2) is 0 Å². The third kappa shape index (κ3) is 2.96. The molecule has 0 bridgehead atoms. The fourth-order valence-corrected chi connectivity index (χ4v) is 1.82. The Balaban J connectivity index is 2.20. The van der Waals surface area contributed by atoms with E-state index in [-0.39, 0.29) is 6.42 Å². The maximum Gasteiger partial charge on any atom is 0.307 e. The maximum absolute atomic E-state index is 10.6. The van der Waals surface area contributed by atoms with Crippen LogP contribution in [0.15, 0.2) is 48.5 Å². The van der Waals surface area contributed by atoms with E-state index in [1.807, 2.05) is 48.5 Å². The van der Waals surface area contributed by atoms with E-state index in [2.05, 4.69) is 0 Å². The number of aliphatic carboxylic acids is 1. The molecule has 3 heteroatoms. The molecular formula is C15H15NO2. The van der Waals surface area contributed by atoms with Crippen LogP contribution in [0.5, 0.6) is 0 Å². The second kappa shape index (κ2) is 5.47. The summed E-state index contributed by atoms with van der Waals surface area (Å²) in [5.41, 5.74) is 9.64. The molecule has 0 fully saturated rings. The zero-order chi connectivity index (χ0) is 13.0. The molecule has 3 N–H and O–H groups in total. The number of carboxylic acid groups (broad SMARTS) is 1. The van der Waals surface area contributed by atoms with Crippen molar-refractivity contribution in [2.75, 3.05) is 0 Å². The molecule has 0 spiro atoms. The lowest BCUT2D eigenvalue weighted by molar-refractivity contribution is -0.136. The van der Waals surface area contributed by atoms with Crippen LogP contribution in [0, 0.1) is 0 Å². The minimum atomic E-state index is -0.810. The van der Waals surface area contributed by atoms with Gasteiger partial charge in [-0.15, -0.1) is 0 Å². The van der Waals surface area contributed by atoms with Gasteiger partial charge in [-0.1, -0.05) is 48.5 Å². The SMILES string of the molecule is NCc1ccc(-c2ccc(CC(=O)O)cc2)cc1. The number of nitrogens with two attached hydrogens (primary N) is 1. The molecule has 2 aromatic rings. The van der Waals surface area contributed by atoms with Gasteiger partial charge in [0.25, 0.3) is 0 Å². The molecule has 2 aromatic carbocycles. The Kier molecular flexibility index (Phi) is 3.75. The molecule has 0 saturated carbocycles. The molecule has 0 aliphatic carbocycles. The van der Waals surface area contributed by atoms with Crippen LogP contribution in [0.1, 0.15) is 11.1 Å². The lowest BCUT2D eigenvalue weighted by Crippen LogP contribution is -1.99. The van der Waals surface area contributed by atoms with Crippen molar-refractivity contribution < 1.29 is 9.90 Å². The average molecular weight is 241 g/mol. The Labute approximate surface area is 106 Å². The second-order valence-corrected chi connectivity index (χ2v) is 4.17. The van der Waals surface area contributed by atoms with Gasteiger partial charge in [0, 0.05) is 6.54 Å². The first-order valence-electron chi connectivity index (χ1n) is 5.79. The van der Waals surface area contributed by atoms with Crippen LogP contribution in [0.3, 0.4) is 0 Å². The molecule has 0 radical (unpaired) electrons. The summed E-state index contributed by atoms with van der Waals surface area (Å²) in [5, 5.41) is 8.70. The Morgan fingerprint density at radius 2 is 1.33 bits per heavy atom. The Morgan fingerprint density at radius 3 is 1.72 bits per heavy atom. The number of carbonyl (C=O) groups is 1. The molecule has 0 amide bonds. The number of carboxylic acids is 1. The topological polar surface area (TPSA) is 63.3 Å². The van der Waals surface area contributed by atoms with Crippen molar-refractivity contribution >= 4 is 5.97 Å². The van der Waals surface area contributed by atoms with Gasteiger partial charge in [-0.2, -0.15) is 0 Å². The summed E-state index contributed by atoms with van der Waals surface area (Å²) in [6, 6.07) is 15.6. The summed E-state index contributed by atoms with van der Waals surface area (Å²) >= 11 is 0. The fraction of sp³-hybridized carbons (Fsp3) is 0.133. The van der Waals surface area contributed by atoms with Gasteiger partial charge >= 0.3 is 5.97 Å². The predicted molar refractivity (Wildman–Crippen MR) is 71.1 cm³/mol. The van der Waals surface area contributed by atoms with Gasteiger partial charge in [0.2, 0.25) is 0 Å². The van der Waals surface area contributed by atoms with Gasteiger partial charge in [0.1, 0.15) is 0 Å². The van der Waals surface area contributed by atoms with Gasteiger partial charge in [0.15, 0.2) is 0 Å². The molecule has 3 nitrogen and oxygen atoms in total. The highest BCUT2D eigenvalue weighted by Gasteiger charge is 2.01. The first kappa shape index (κ1) is 12.3. The standard InChI is InChI=1S/C15H15NO2/c16-10-12-3-7-14(8-4-12)13-5-1-11(2-6-13)9-15(17)18/h1-8H,9-10,16H2,(H,17,18). The van der Waals surface area contributed by atoms with E-state index in [4.69, 9.17) is 10.8 Å². The molecule has 0 aromatic heterocycles. The fourth-order valence-electron chi connectivity index (χ4n) is 1.82. The van der Waals surface area contributed by atoms with Gasteiger partial charge < -0.3 is 10.8 Å². The number of rotatable bonds is 4. The van der Waals surface area contributed by atoms with E-state index in [0.29, 0.717) is 6.54 Å². The van der Waals surface area contributed by atoms with Crippen molar-refractivity contribution in [3.05, 3.63) is 59.7 Å². The van der Waals surface area contributed by atoms with Crippen LogP contribution in [0.4, 0.5) is 0 Å². The number of benzene rings is 2. The van der Waals surface area contributed by atoms with Gasteiger partial charge in [-0.05, 0) is 22.3 Å². The van der Waals surface area contributed by atoms with Crippen LogP contribution in [-0.2, 0) is 17.8 Å². The van der Waals surface area contributed by atoms with E-state index >= 15 is 0 Å². The molecule has 2 rings (SSSR count). The van der Waals surface area contributed by atoms with Gasteiger partial charge in [-0.3, -0.25) is 4.79 Å². The lowest BCUT2D eigenvalue weighted by atomic mass is 10.0. The van der Waals surface area contributed by atoms with Crippen LogP contribution < -0.4 is 5.73 Å². The van der Waals surface area contributed by atoms with E-state index in [1.54, 1.807) is 0 Å². The second-order valence-electron chi connectivity index (χ2n) is 4.17. The van der Waals surface area contributed by atoms with Crippen LogP contribution in [0.25, 0.3) is 11.1 Å². The summed E-state index contributed by atoms with van der Waals surface area (Å²) in [4.78, 5) is 10.6. The van der Waals surface area contributed by atoms with Gasteiger partial charge in [0.05, 0.1) is 6.42 Å². The average Bonchev–Trinajstić information content (AvgIpc) is 2.39. The molecule has 0 unspecified atom stereocenters. The zero-order valence-electron chi connectivity index (χ0n) is 9.97. The highest BCUT2D eigenvalue weighted by Crippen LogP contribution is 2.20. The Morgan fingerprint density at radius 1 is 0.889 bits per heavy atom. The molecular weight excluding hydrogens is 226 g/mol. The minimum absolute atomic E-state index is 0.0619. The van der Waals surface area contributed by atoms with E-state index in [1.165, 1.54) is 0 Å². The summed E-state index contributed by atoms with van der Waals surface area (Å²) in [6.45, 7) is 0.540. The molecule has 0 saturated heterocycles. The summed E-state index contributed by atoms with van der Waals surface area (Å²) in [5.74, 6) is -0.810. The molecule has 92 valence electrons. The van der Waals surface area contributed by atoms with E-state index < -0.39 is 5.97 Å². The monoisotopic (exact) mass is 241 g/mol. The first-order valence-corrected chi connectivity index (χ1v) is 5.79. The number of hydrogen-bond acceptors (Lipinski definition) is 2. The molecule has 18 heavy (non-hydrogen) atoms. The van der Waals surface area contributed by atoms with Crippen molar-refractivity contribution in [3.63, 3.8) is 0 Å². The highest BCUT2D eigenvalue weighted by molar-refractivity contribution is 5.71. The largest absolute Gasteiger partial charge is 0.481 e. The van der Waals surface area contributed by atoms with Crippen molar-refractivity contribution in [2.45, 2.75) is 13.0 Å². The zero-order valence-corrected chi connectivity index (χ0v) is 9.97. The third-order valence-corrected chi connectivity index (χ3v) is 2.83. The van der Waals surface area contributed by atoms with Crippen molar-refractivity contribution in [2.24, 2.45) is 5.73 Å². The summed E-state index contributed by atoms with van der Waals surface area (Å²) in [7, 11) is 0. The molecule has 0 heterocycles. The summed E-state index contributed by atoms with van der Waals surface area (Å²) in [6.07, 6.45) is 0.0619.